The second-order valence-corrected chi connectivity index (χ2v) is 4.09. The minimum absolute atomic E-state index is 0.196. The summed E-state index contributed by atoms with van der Waals surface area (Å²) >= 11 is 5.71. The Morgan fingerprint density at radius 3 is 2.78 bits per heavy atom. The monoisotopic (exact) mass is 264 g/mol. The molecule has 2 rings (SSSR count). The van der Waals surface area contributed by atoms with E-state index in [4.69, 9.17) is 16.3 Å². The van der Waals surface area contributed by atoms with E-state index in [1.54, 1.807) is 12.3 Å². The van der Waals surface area contributed by atoms with Gasteiger partial charge >= 0.3 is 0 Å². The molecule has 0 atom stereocenters. The number of H-pyrrole nitrogens is 1. The number of rotatable bonds is 5. The molecule has 0 aliphatic rings. The third-order valence-electron chi connectivity index (χ3n) is 2.29. The van der Waals surface area contributed by atoms with Crippen molar-refractivity contribution in [2.75, 3.05) is 13.2 Å². The van der Waals surface area contributed by atoms with Gasteiger partial charge in [0, 0.05) is 6.20 Å². The summed E-state index contributed by atoms with van der Waals surface area (Å²) in [6.45, 7) is 0.856. The van der Waals surface area contributed by atoms with E-state index in [0.29, 0.717) is 23.9 Å². The smallest absolute Gasteiger partial charge is 0.267 e. The summed E-state index contributed by atoms with van der Waals surface area (Å²) in [7, 11) is 0. The summed E-state index contributed by atoms with van der Waals surface area (Å²) in [6.07, 6.45) is 1.57. The van der Waals surface area contributed by atoms with E-state index in [1.165, 1.54) is 0 Å². The number of carbonyl (C=O) groups excluding carboxylic acids is 1. The first kappa shape index (κ1) is 12.5. The Labute approximate surface area is 110 Å². The van der Waals surface area contributed by atoms with E-state index in [-0.39, 0.29) is 5.91 Å². The van der Waals surface area contributed by atoms with Crippen molar-refractivity contribution in [3.8, 4) is 5.75 Å². The maximum atomic E-state index is 11.6. The second kappa shape index (κ2) is 6.12. The summed E-state index contributed by atoms with van der Waals surface area (Å²) in [5.41, 5.74) is 0.444. The van der Waals surface area contributed by atoms with E-state index < -0.39 is 0 Å². The first-order chi connectivity index (χ1) is 8.75. The molecule has 0 aliphatic heterocycles. The average molecular weight is 265 g/mol. The van der Waals surface area contributed by atoms with Gasteiger partial charge in [-0.1, -0.05) is 29.8 Å². The van der Waals surface area contributed by atoms with Gasteiger partial charge in [-0.05, 0) is 18.2 Å². The number of aromatic nitrogens is 1. The van der Waals surface area contributed by atoms with Gasteiger partial charge in [0.1, 0.15) is 18.1 Å². The minimum Gasteiger partial charge on any atom is -0.492 e. The van der Waals surface area contributed by atoms with Crippen molar-refractivity contribution in [2.45, 2.75) is 0 Å². The lowest BCUT2D eigenvalue weighted by Crippen LogP contribution is -2.28. The first-order valence-electron chi connectivity index (χ1n) is 5.55. The Hall–Kier alpha value is -1.94. The fraction of sp³-hybridized carbons (Fsp3) is 0.154. The number of ether oxygens (including phenoxy) is 1. The number of amides is 1. The molecule has 0 saturated carbocycles. The number of carbonyl (C=O) groups is 1. The third-order valence-corrected chi connectivity index (χ3v) is 2.51. The number of nitrogens with one attached hydrogen (secondary N) is 2. The quantitative estimate of drug-likeness (QED) is 0.815. The van der Waals surface area contributed by atoms with E-state index >= 15 is 0 Å². The molecule has 1 aromatic carbocycles. The second-order valence-electron chi connectivity index (χ2n) is 3.65. The van der Waals surface area contributed by atoms with Crippen molar-refractivity contribution in [2.24, 2.45) is 0 Å². The van der Waals surface area contributed by atoms with Crippen molar-refractivity contribution in [3.05, 3.63) is 53.3 Å². The average Bonchev–Trinajstić information content (AvgIpc) is 2.82. The van der Waals surface area contributed by atoms with Gasteiger partial charge in [-0.2, -0.15) is 0 Å². The maximum absolute atomic E-state index is 11.6. The zero-order chi connectivity index (χ0) is 12.8. The van der Waals surface area contributed by atoms with E-state index in [1.807, 2.05) is 30.3 Å². The molecule has 0 fully saturated rings. The molecule has 0 unspecified atom stereocenters. The van der Waals surface area contributed by atoms with Crippen molar-refractivity contribution in [1.82, 2.24) is 10.3 Å². The standard InChI is InChI=1S/C13H13ClN2O2/c14-10-8-12(16-9-10)13(17)15-6-7-18-11-4-2-1-3-5-11/h1-5,8-9,16H,6-7H2,(H,15,17). The highest BCUT2D eigenvalue weighted by molar-refractivity contribution is 6.30. The van der Waals surface area contributed by atoms with Crippen molar-refractivity contribution in [1.29, 1.82) is 0 Å². The number of hydrogen-bond acceptors (Lipinski definition) is 2. The molecule has 0 aliphatic carbocycles. The predicted octanol–water partition coefficient (Wildman–Crippen LogP) is 2.48. The Kier molecular flexibility index (Phi) is 4.25. The Balaban J connectivity index is 1.71. The van der Waals surface area contributed by atoms with Gasteiger partial charge in [-0.3, -0.25) is 4.79 Å². The molecule has 2 N–H and O–H groups in total. The van der Waals surface area contributed by atoms with Gasteiger partial charge in [0.05, 0.1) is 11.6 Å². The van der Waals surface area contributed by atoms with Gasteiger partial charge in [0.2, 0.25) is 0 Å². The fourth-order valence-electron chi connectivity index (χ4n) is 1.44. The van der Waals surface area contributed by atoms with Gasteiger partial charge in [0.25, 0.3) is 5.91 Å². The number of para-hydroxylation sites is 1. The first-order valence-corrected chi connectivity index (χ1v) is 5.93. The van der Waals surface area contributed by atoms with Crippen LogP contribution in [0.3, 0.4) is 0 Å². The van der Waals surface area contributed by atoms with Crippen LogP contribution in [0.4, 0.5) is 0 Å². The molecule has 1 heterocycles. The van der Waals surface area contributed by atoms with E-state index in [9.17, 15) is 4.79 Å². The minimum atomic E-state index is -0.196. The highest BCUT2D eigenvalue weighted by Gasteiger charge is 2.06. The molecule has 1 aromatic heterocycles. The molecular formula is C13H13ClN2O2. The Morgan fingerprint density at radius 1 is 1.33 bits per heavy atom. The van der Waals surface area contributed by atoms with Crippen LogP contribution in [0.1, 0.15) is 10.5 Å². The van der Waals surface area contributed by atoms with Crippen LogP contribution in [0.5, 0.6) is 5.75 Å². The Bertz CT molecular complexity index is 511. The summed E-state index contributed by atoms with van der Waals surface area (Å²) in [4.78, 5) is 14.4. The van der Waals surface area contributed by atoms with Crippen molar-refractivity contribution in [3.63, 3.8) is 0 Å². The van der Waals surface area contributed by atoms with Crippen LogP contribution in [-0.2, 0) is 0 Å². The molecule has 0 radical (unpaired) electrons. The highest BCUT2D eigenvalue weighted by atomic mass is 35.5. The zero-order valence-corrected chi connectivity index (χ0v) is 10.4. The van der Waals surface area contributed by atoms with Gasteiger partial charge in [-0.15, -0.1) is 0 Å². The lowest BCUT2D eigenvalue weighted by Gasteiger charge is -2.06. The number of hydrogen-bond donors (Lipinski definition) is 2. The van der Waals surface area contributed by atoms with Crippen LogP contribution in [0, 0.1) is 0 Å². The molecule has 5 heteroatoms. The SMILES string of the molecule is O=C(NCCOc1ccccc1)c1cc(Cl)c[nH]1. The number of benzene rings is 1. The number of aromatic amines is 1. The molecule has 0 saturated heterocycles. The molecule has 1 amide bonds. The zero-order valence-electron chi connectivity index (χ0n) is 9.65. The van der Waals surface area contributed by atoms with E-state index in [2.05, 4.69) is 10.3 Å². The molecular weight excluding hydrogens is 252 g/mol. The van der Waals surface area contributed by atoms with Crippen LogP contribution < -0.4 is 10.1 Å². The summed E-state index contributed by atoms with van der Waals surface area (Å²) in [5.74, 6) is 0.591. The third kappa shape index (κ3) is 3.53. The highest BCUT2D eigenvalue weighted by Crippen LogP contribution is 2.09. The van der Waals surface area contributed by atoms with Gasteiger partial charge < -0.3 is 15.0 Å². The van der Waals surface area contributed by atoms with Crippen LogP contribution in [-0.4, -0.2) is 24.0 Å². The molecule has 4 nitrogen and oxygen atoms in total. The van der Waals surface area contributed by atoms with Crippen LogP contribution in [0.25, 0.3) is 0 Å². The maximum Gasteiger partial charge on any atom is 0.267 e. The fourth-order valence-corrected chi connectivity index (χ4v) is 1.61. The topological polar surface area (TPSA) is 54.1 Å². The largest absolute Gasteiger partial charge is 0.492 e. The lowest BCUT2D eigenvalue weighted by atomic mass is 10.3. The summed E-state index contributed by atoms with van der Waals surface area (Å²) in [5, 5.41) is 3.24. The van der Waals surface area contributed by atoms with Crippen LogP contribution in [0.2, 0.25) is 5.02 Å². The Morgan fingerprint density at radius 2 is 2.11 bits per heavy atom. The normalized spacial score (nSPS) is 10.1. The summed E-state index contributed by atoms with van der Waals surface area (Å²) < 4.78 is 5.45. The lowest BCUT2D eigenvalue weighted by molar-refractivity contribution is 0.0942. The predicted molar refractivity (Wildman–Crippen MR) is 70.1 cm³/mol. The van der Waals surface area contributed by atoms with Crippen LogP contribution >= 0.6 is 11.6 Å². The summed E-state index contributed by atoms with van der Waals surface area (Å²) in [6, 6.07) is 11.0. The molecule has 94 valence electrons. The molecule has 0 bridgehead atoms. The molecule has 2 aromatic rings. The molecule has 0 spiro atoms. The van der Waals surface area contributed by atoms with Gasteiger partial charge in [-0.25, -0.2) is 0 Å². The van der Waals surface area contributed by atoms with E-state index in [0.717, 1.165) is 5.75 Å². The van der Waals surface area contributed by atoms with Crippen LogP contribution in [0.15, 0.2) is 42.6 Å². The van der Waals surface area contributed by atoms with Crippen molar-refractivity contribution < 1.29 is 9.53 Å². The number of halogens is 1. The molecule has 18 heavy (non-hydrogen) atoms. The van der Waals surface area contributed by atoms with Gasteiger partial charge in [0.15, 0.2) is 0 Å². The van der Waals surface area contributed by atoms with Crippen molar-refractivity contribution >= 4 is 17.5 Å².